The lowest BCUT2D eigenvalue weighted by Crippen LogP contribution is -2.18. The van der Waals surface area contributed by atoms with Crippen LogP contribution in [-0.4, -0.2) is 31.9 Å². The first-order chi connectivity index (χ1) is 9.76. The molecule has 0 bridgehead atoms. The van der Waals surface area contributed by atoms with Crippen LogP contribution in [0.4, 0.5) is 13.2 Å². The fourth-order valence-electron chi connectivity index (χ4n) is 1.73. The zero-order valence-electron chi connectivity index (χ0n) is 11.7. The van der Waals surface area contributed by atoms with Crippen LogP contribution in [0.5, 0.6) is 11.5 Å². The number of rotatable bonds is 5. The van der Waals surface area contributed by atoms with Gasteiger partial charge < -0.3 is 19.3 Å². The molecular weight excluding hydrogens is 293 g/mol. The molecule has 0 heterocycles. The number of aliphatic hydroxyl groups excluding tert-OH is 1. The molecule has 1 aromatic rings. The maximum Gasteiger partial charge on any atom is 0.420 e. The minimum atomic E-state index is -4.73. The SMILES string of the molecule is CCOC(=O)C(O)c1cc(OC)cc(C(F)(F)F)c1OC. The molecular formula is C13H15F3O5. The van der Waals surface area contributed by atoms with Gasteiger partial charge in [0.1, 0.15) is 17.1 Å². The molecule has 0 saturated carbocycles. The Kier molecular flexibility index (Phi) is 5.42. The zero-order chi connectivity index (χ0) is 16.2. The van der Waals surface area contributed by atoms with Crippen molar-refractivity contribution in [3.63, 3.8) is 0 Å². The highest BCUT2D eigenvalue weighted by Crippen LogP contribution is 2.42. The maximum absolute atomic E-state index is 13.0. The quantitative estimate of drug-likeness (QED) is 0.846. The minimum absolute atomic E-state index is 0.0195. The van der Waals surface area contributed by atoms with E-state index >= 15 is 0 Å². The second-order valence-electron chi connectivity index (χ2n) is 3.95. The fraction of sp³-hybridized carbons (Fsp3) is 0.462. The van der Waals surface area contributed by atoms with Crippen molar-refractivity contribution in [1.29, 1.82) is 0 Å². The van der Waals surface area contributed by atoms with Gasteiger partial charge in [0.2, 0.25) is 0 Å². The summed E-state index contributed by atoms with van der Waals surface area (Å²) < 4.78 is 53.1. The van der Waals surface area contributed by atoms with Gasteiger partial charge >= 0.3 is 12.1 Å². The molecule has 0 amide bonds. The van der Waals surface area contributed by atoms with Crippen molar-refractivity contribution in [3.05, 3.63) is 23.3 Å². The molecule has 1 rings (SSSR count). The zero-order valence-corrected chi connectivity index (χ0v) is 11.7. The van der Waals surface area contributed by atoms with Crippen LogP contribution in [0.15, 0.2) is 12.1 Å². The standard InChI is InChI=1S/C13H15F3O5/c1-4-21-12(18)10(17)8-5-7(19-2)6-9(11(8)20-3)13(14,15)16/h5-6,10,17H,4H2,1-3H3. The monoisotopic (exact) mass is 308 g/mol. The molecule has 1 unspecified atom stereocenters. The third-order valence-corrected chi connectivity index (χ3v) is 2.64. The van der Waals surface area contributed by atoms with Crippen molar-refractivity contribution in [3.8, 4) is 11.5 Å². The average molecular weight is 308 g/mol. The summed E-state index contributed by atoms with van der Waals surface area (Å²) in [6.45, 7) is 1.49. The van der Waals surface area contributed by atoms with Crippen molar-refractivity contribution in [2.45, 2.75) is 19.2 Å². The normalized spacial score (nSPS) is 12.7. The maximum atomic E-state index is 13.0. The lowest BCUT2D eigenvalue weighted by molar-refractivity contribution is -0.153. The fourth-order valence-corrected chi connectivity index (χ4v) is 1.73. The molecule has 0 fully saturated rings. The van der Waals surface area contributed by atoms with E-state index in [1.165, 1.54) is 14.0 Å². The van der Waals surface area contributed by atoms with Gasteiger partial charge in [-0.3, -0.25) is 0 Å². The Labute approximate surface area is 119 Å². The highest BCUT2D eigenvalue weighted by Gasteiger charge is 2.38. The number of benzene rings is 1. The van der Waals surface area contributed by atoms with Gasteiger partial charge in [-0.05, 0) is 19.1 Å². The molecule has 1 N–H and O–H groups in total. The first-order valence-electron chi connectivity index (χ1n) is 5.94. The summed E-state index contributed by atoms with van der Waals surface area (Å²) in [7, 11) is 2.18. The summed E-state index contributed by atoms with van der Waals surface area (Å²) in [5.41, 5.74) is -1.52. The van der Waals surface area contributed by atoms with E-state index in [2.05, 4.69) is 4.74 Å². The van der Waals surface area contributed by atoms with Crippen LogP contribution < -0.4 is 9.47 Å². The highest BCUT2D eigenvalue weighted by molar-refractivity contribution is 5.78. The van der Waals surface area contributed by atoms with Gasteiger partial charge in [-0.1, -0.05) is 0 Å². The minimum Gasteiger partial charge on any atom is -0.497 e. The Balaban J connectivity index is 3.45. The van der Waals surface area contributed by atoms with Gasteiger partial charge in [-0.2, -0.15) is 13.2 Å². The Morgan fingerprint density at radius 2 is 1.90 bits per heavy atom. The van der Waals surface area contributed by atoms with E-state index in [0.29, 0.717) is 0 Å². The Bertz CT molecular complexity index is 513. The van der Waals surface area contributed by atoms with Gasteiger partial charge in [0, 0.05) is 5.56 Å². The Morgan fingerprint density at radius 3 is 2.33 bits per heavy atom. The summed E-state index contributed by atoms with van der Waals surface area (Å²) in [4.78, 5) is 11.5. The second-order valence-corrected chi connectivity index (χ2v) is 3.95. The molecule has 1 aromatic carbocycles. The van der Waals surface area contributed by atoms with E-state index in [0.717, 1.165) is 19.2 Å². The molecule has 0 aliphatic heterocycles. The van der Waals surface area contributed by atoms with E-state index in [-0.39, 0.29) is 17.9 Å². The number of alkyl halides is 3. The number of esters is 1. The molecule has 118 valence electrons. The van der Waals surface area contributed by atoms with Crippen molar-refractivity contribution in [1.82, 2.24) is 0 Å². The number of methoxy groups -OCH3 is 2. The van der Waals surface area contributed by atoms with Gasteiger partial charge in [-0.25, -0.2) is 4.79 Å². The summed E-state index contributed by atoms with van der Waals surface area (Å²) in [5.74, 6) is -1.89. The Morgan fingerprint density at radius 1 is 1.29 bits per heavy atom. The first-order valence-corrected chi connectivity index (χ1v) is 5.94. The van der Waals surface area contributed by atoms with Crippen LogP contribution in [0.3, 0.4) is 0 Å². The molecule has 5 nitrogen and oxygen atoms in total. The van der Waals surface area contributed by atoms with Gasteiger partial charge in [0.15, 0.2) is 6.10 Å². The number of ether oxygens (including phenoxy) is 3. The van der Waals surface area contributed by atoms with E-state index in [1.807, 2.05) is 0 Å². The average Bonchev–Trinajstić information content (AvgIpc) is 2.44. The topological polar surface area (TPSA) is 65.0 Å². The summed E-state index contributed by atoms with van der Waals surface area (Å²) in [6, 6.07) is 1.82. The molecule has 0 spiro atoms. The summed E-state index contributed by atoms with van der Waals surface area (Å²) in [5, 5.41) is 9.86. The van der Waals surface area contributed by atoms with E-state index in [9.17, 15) is 23.1 Å². The summed E-state index contributed by atoms with van der Waals surface area (Å²) in [6.07, 6.45) is -6.64. The Hall–Kier alpha value is -1.96. The number of halogens is 3. The number of aliphatic hydroxyl groups is 1. The van der Waals surface area contributed by atoms with Gasteiger partial charge in [0.25, 0.3) is 0 Å². The molecule has 21 heavy (non-hydrogen) atoms. The predicted molar refractivity (Wildman–Crippen MR) is 66.1 cm³/mol. The van der Waals surface area contributed by atoms with Crippen molar-refractivity contribution in [2.24, 2.45) is 0 Å². The molecule has 0 aliphatic rings. The number of hydrogen-bond acceptors (Lipinski definition) is 5. The third-order valence-electron chi connectivity index (χ3n) is 2.64. The second kappa shape index (κ2) is 6.66. The van der Waals surface area contributed by atoms with E-state index in [4.69, 9.17) is 9.47 Å². The number of hydrogen-bond donors (Lipinski definition) is 1. The predicted octanol–water partition coefficient (Wildman–Crippen LogP) is 2.32. The van der Waals surface area contributed by atoms with Crippen LogP contribution in [0, 0.1) is 0 Å². The van der Waals surface area contributed by atoms with Crippen LogP contribution in [0.2, 0.25) is 0 Å². The molecule has 0 radical (unpaired) electrons. The molecule has 8 heteroatoms. The molecule has 0 aromatic heterocycles. The molecule has 0 aliphatic carbocycles. The van der Waals surface area contributed by atoms with Crippen LogP contribution in [0.1, 0.15) is 24.2 Å². The van der Waals surface area contributed by atoms with Crippen molar-refractivity contribution in [2.75, 3.05) is 20.8 Å². The lowest BCUT2D eigenvalue weighted by atomic mass is 10.0. The largest absolute Gasteiger partial charge is 0.497 e. The lowest BCUT2D eigenvalue weighted by Gasteiger charge is -2.19. The van der Waals surface area contributed by atoms with Gasteiger partial charge in [-0.15, -0.1) is 0 Å². The molecule has 1 atom stereocenters. The van der Waals surface area contributed by atoms with Crippen molar-refractivity contribution < 1.29 is 37.3 Å². The van der Waals surface area contributed by atoms with Crippen LogP contribution >= 0.6 is 0 Å². The number of carbonyl (C=O) groups excluding carboxylic acids is 1. The van der Waals surface area contributed by atoms with Crippen LogP contribution in [-0.2, 0) is 15.7 Å². The van der Waals surface area contributed by atoms with Crippen molar-refractivity contribution >= 4 is 5.97 Å². The third kappa shape index (κ3) is 3.78. The van der Waals surface area contributed by atoms with E-state index < -0.39 is 29.6 Å². The smallest absolute Gasteiger partial charge is 0.420 e. The molecule has 0 saturated heterocycles. The highest BCUT2D eigenvalue weighted by atomic mass is 19.4. The van der Waals surface area contributed by atoms with Crippen LogP contribution in [0.25, 0.3) is 0 Å². The summed E-state index contributed by atoms with van der Waals surface area (Å²) >= 11 is 0. The van der Waals surface area contributed by atoms with E-state index in [1.54, 1.807) is 0 Å². The number of carbonyl (C=O) groups is 1. The van der Waals surface area contributed by atoms with Gasteiger partial charge in [0.05, 0.1) is 20.8 Å². The first kappa shape index (κ1) is 17.1.